The predicted octanol–water partition coefficient (Wildman–Crippen LogP) is 2.04. The Bertz CT molecular complexity index is 455. The summed E-state index contributed by atoms with van der Waals surface area (Å²) in [6.07, 6.45) is 1.51. The Balaban J connectivity index is 2.82. The molecule has 3 heteroatoms. The van der Waals surface area contributed by atoms with E-state index in [9.17, 15) is 4.79 Å². The van der Waals surface area contributed by atoms with Gasteiger partial charge in [0.05, 0.1) is 6.07 Å². The minimum Gasteiger partial charge on any atom is -0.339 e. The van der Waals surface area contributed by atoms with Crippen LogP contribution in [-0.4, -0.2) is 12.5 Å². The van der Waals surface area contributed by atoms with Crippen molar-refractivity contribution in [3.05, 3.63) is 41.5 Å². The quantitative estimate of drug-likeness (QED) is 0.618. The van der Waals surface area contributed by atoms with Gasteiger partial charge in [0, 0.05) is 6.08 Å². The first kappa shape index (κ1) is 12.0. The molecule has 0 saturated carbocycles. The molecule has 82 valence electrons. The van der Waals surface area contributed by atoms with E-state index >= 15 is 0 Å². The zero-order chi connectivity index (χ0) is 12.0. The van der Waals surface area contributed by atoms with E-state index in [1.165, 1.54) is 6.08 Å². The Labute approximate surface area is 95.4 Å². The molecule has 0 aliphatic carbocycles. The number of allylic oxidation sites excluding steroid dienone is 1. The van der Waals surface area contributed by atoms with Crippen molar-refractivity contribution in [3.8, 4) is 6.07 Å². The zero-order valence-electron chi connectivity index (χ0n) is 9.45. The first-order valence-corrected chi connectivity index (χ1v) is 5.04. The SMILES string of the molecule is C/C(=C/C(=O)NCC#N)c1ccccc1C. The lowest BCUT2D eigenvalue weighted by atomic mass is 10.0. The lowest BCUT2D eigenvalue weighted by Crippen LogP contribution is -2.21. The Kier molecular flexibility index (Phi) is 4.28. The van der Waals surface area contributed by atoms with Crippen molar-refractivity contribution in [2.75, 3.05) is 6.54 Å². The highest BCUT2D eigenvalue weighted by Gasteiger charge is 2.01. The van der Waals surface area contributed by atoms with E-state index in [2.05, 4.69) is 5.32 Å². The van der Waals surface area contributed by atoms with Crippen LogP contribution in [-0.2, 0) is 4.79 Å². The molecule has 1 amide bonds. The summed E-state index contributed by atoms with van der Waals surface area (Å²) in [6, 6.07) is 9.73. The Hall–Kier alpha value is -2.08. The first-order chi connectivity index (χ1) is 7.65. The molecule has 0 aromatic heterocycles. The summed E-state index contributed by atoms with van der Waals surface area (Å²) in [6.45, 7) is 3.92. The van der Waals surface area contributed by atoms with Gasteiger partial charge in [-0.05, 0) is 30.5 Å². The Morgan fingerprint density at radius 2 is 2.19 bits per heavy atom. The van der Waals surface area contributed by atoms with Gasteiger partial charge in [-0.3, -0.25) is 4.79 Å². The van der Waals surface area contributed by atoms with E-state index in [1.807, 2.05) is 44.2 Å². The highest BCUT2D eigenvalue weighted by Crippen LogP contribution is 2.17. The van der Waals surface area contributed by atoms with Crippen LogP contribution in [0, 0.1) is 18.3 Å². The maximum atomic E-state index is 11.4. The number of hydrogen-bond donors (Lipinski definition) is 1. The fraction of sp³-hybridized carbons (Fsp3) is 0.231. The smallest absolute Gasteiger partial charge is 0.245 e. The van der Waals surface area contributed by atoms with Gasteiger partial charge in [-0.15, -0.1) is 0 Å². The number of benzene rings is 1. The maximum absolute atomic E-state index is 11.4. The van der Waals surface area contributed by atoms with Gasteiger partial charge in [-0.2, -0.15) is 5.26 Å². The standard InChI is InChI=1S/C13H14N2O/c1-10-5-3-4-6-12(10)11(2)9-13(16)15-8-7-14/h3-6,9H,8H2,1-2H3,(H,15,16)/b11-9-. The molecule has 16 heavy (non-hydrogen) atoms. The van der Waals surface area contributed by atoms with Crippen molar-refractivity contribution in [3.63, 3.8) is 0 Å². The van der Waals surface area contributed by atoms with Crippen molar-refractivity contribution in [2.24, 2.45) is 0 Å². The number of amides is 1. The van der Waals surface area contributed by atoms with Crippen molar-refractivity contribution in [2.45, 2.75) is 13.8 Å². The summed E-state index contributed by atoms with van der Waals surface area (Å²) < 4.78 is 0. The molecule has 0 radical (unpaired) electrons. The molecule has 1 aromatic carbocycles. The number of hydrogen-bond acceptors (Lipinski definition) is 2. The normalized spacial score (nSPS) is 10.7. The molecule has 1 rings (SSSR count). The maximum Gasteiger partial charge on any atom is 0.245 e. The number of nitriles is 1. The highest BCUT2D eigenvalue weighted by molar-refractivity contribution is 5.95. The zero-order valence-corrected chi connectivity index (χ0v) is 9.45. The molecule has 0 fully saturated rings. The molecule has 0 aliphatic heterocycles. The van der Waals surface area contributed by atoms with Crippen LogP contribution in [0.2, 0.25) is 0 Å². The number of carbonyl (C=O) groups is 1. The molecular formula is C13H14N2O. The van der Waals surface area contributed by atoms with Crippen molar-refractivity contribution in [1.29, 1.82) is 5.26 Å². The van der Waals surface area contributed by atoms with E-state index in [-0.39, 0.29) is 12.5 Å². The van der Waals surface area contributed by atoms with Gasteiger partial charge < -0.3 is 5.32 Å². The highest BCUT2D eigenvalue weighted by atomic mass is 16.1. The summed E-state index contributed by atoms with van der Waals surface area (Å²) in [5.74, 6) is -0.234. The van der Waals surface area contributed by atoms with Crippen LogP contribution in [0.1, 0.15) is 18.1 Å². The van der Waals surface area contributed by atoms with Gasteiger partial charge in [-0.1, -0.05) is 24.3 Å². The second-order valence-corrected chi connectivity index (χ2v) is 3.52. The number of nitrogens with zero attached hydrogens (tertiary/aromatic N) is 1. The number of aryl methyl sites for hydroxylation is 1. The van der Waals surface area contributed by atoms with Gasteiger partial charge >= 0.3 is 0 Å². The molecule has 0 heterocycles. The van der Waals surface area contributed by atoms with E-state index in [0.717, 1.165) is 16.7 Å². The molecule has 0 aliphatic rings. The second-order valence-electron chi connectivity index (χ2n) is 3.52. The van der Waals surface area contributed by atoms with Crippen LogP contribution < -0.4 is 5.32 Å². The van der Waals surface area contributed by atoms with Crippen LogP contribution in [0.25, 0.3) is 5.57 Å². The monoisotopic (exact) mass is 214 g/mol. The third kappa shape index (κ3) is 3.25. The van der Waals surface area contributed by atoms with E-state index in [0.29, 0.717) is 0 Å². The minimum atomic E-state index is -0.234. The van der Waals surface area contributed by atoms with E-state index in [1.54, 1.807) is 0 Å². The molecule has 1 N–H and O–H groups in total. The van der Waals surface area contributed by atoms with Gasteiger partial charge in [-0.25, -0.2) is 0 Å². The third-order valence-electron chi connectivity index (χ3n) is 2.26. The van der Waals surface area contributed by atoms with Crippen LogP contribution in [0.15, 0.2) is 30.3 Å². The fourth-order valence-electron chi connectivity index (χ4n) is 1.47. The van der Waals surface area contributed by atoms with Crippen molar-refractivity contribution < 1.29 is 4.79 Å². The number of carbonyl (C=O) groups excluding carboxylic acids is 1. The minimum absolute atomic E-state index is 0.0381. The summed E-state index contributed by atoms with van der Waals surface area (Å²) in [5, 5.41) is 10.8. The van der Waals surface area contributed by atoms with Crippen molar-refractivity contribution in [1.82, 2.24) is 5.32 Å². The average Bonchev–Trinajstić information content (AvgIpc) is 2.26. The summed E-state index contributed by atoms with van der Waals surface area (Å²) in [7, 11) is 0. The largest absolute Gasteiger partial charge is 0.339 e. The van der Waals surface area contributed by atoms with E-state index < -0.39 is 0 Å². The van der Waals surface area contributed by atoms with Crippen LogP contribution in [0.5, 0.6) is 0 Å². The summed E-state index contributed by atoms with van der Waals surface area (Å²) in [4.78, 5) is 11.4. The van der Waals surface area contributed by atoms with Gasteiger partial charge in [0.25, 0.3) is 0 Å². The van der Waals surface area contributed by atoms with E-state index in [4.69, 9.17) is 5.26 Å². The lowest BCUT2D eigenvalue weighted by Gasteiger charge is -2.05. The fourth-order valence-corrected chi connectivity index (χ4v) is 1.47. The Morgan fingerprint density at radius 3 is 2.81 bits per heavy atom. The average molecular weight is 214 g/mol. The molecule has 0 bridgehead atoms. The van der Waals surface area contributed by atoms with Gasteiger partial charge in [0.15, 0.2) is 0 Å². The van der Waals surface area contributed by atoms with Gasteiger partial charge in [0.2, 0.25) is 5.91 Å². The summed E-state index contributed by atoms with van der Waals surface area (Å²) >= 11 is 0. The topological polar surface area (TPSA) is 52.9 Å². The number of nitrogens with one attached hydrogen (secondary N) is 1. The molecule has 0 atom stereocenters. The molecule has 0 unspecified atom stereocenters. The van der Waals surface area contributed by atoms with Gasteiger partial charge in [0.1, 0.15) is 6.54 Å². The third-order valence-corrected chi connectivity index (χ3v) is 2.26. The predicted molar refractivity (Wildman–Crippen MR) is 63.5 cm³/mol. The van der Waals surface area contributed by atoms with Crippen molar-refractivity contribution >= 4 is 11.5 Å². The second kappa shape index (κ2) is 5.72. The molecule has 0 saturated heterocycles. The molecule has 1 aromatic rings. The Morgan fingerprint density at radius 1 is 1.50 bits per heavy atom. The summed E-state index contributed by atoms with van der Waals surface area (Å²) in [5.41, 5.74) is 3.08. The molecule has 3 nitrogen and oxygen atoms in total. The molecular weight excluding hydrogens is 200 g/mol. The van der Waals surface area contributed by atoms with Crippen LogP contribution >= 0.6 is 0 Å². The molecule has 0 spiro atoms. The first-order valence-electron chi connectivity index (χ1n) is 5.04. The van der Waals surface area contributed by atoms with Crippen LogP contribution in [0.4, 0.5) is 0 Å². The number of rotatable bonds is 3. The lowest BCUT2D eigenvalue weighted by molar-refractivity contribution is -0.116. The van der Waals surface area contributed by atoms with Crippen LogP contribution in [0.3, 0.4) is 0 Å².